The number of ether oxygens (including phenoxy) is 1. The molecule has 0 saturated carbocycles. The Morgan fingerprint density at radius 1 is 1.23 bits per heavy atom. The first-order valence-electron chi connectivity index (χ1n) is 4.60. The molecule has 0 aromatic rings. The van der Waals surface area contributed by atoms with Gasteiger partial charge in [-0.2, -0.15) is 0 Å². The van der Waals surface area contributed by atoms with Crippen LogP contribution in [0.4, 0.5) is 0 Å². The molecule has 0 aliphatic heterocycles. The topological polar surface area (TPSA) is 69.4 Å². The standard InChI is InChI=1S/C8H19NO3S/c1-2-5-12-6-3-7-13(10,11)8-4-9/h2-9H2,1H3. The van der Waals surface area contributed by atoms with Crippen LogP contribution in [0.15, 0.2) is 0 Å². The molecular formula is C8H19NO3S. The highest BCUT2D eigenvalue weighted by Crippen LogP contribution is 1.94. The van der Waals surface area contributed by atoms with Gasteiger partial charge in [-0.15, -0.1) is 0 Å². The molecule has 0 unspecified atom stereocenters. The van der Waals surface area contributed by atoms with E-state index in [1.807, 2.05) is 6.92 Å². The Kier molecular flexibility index (Phi) is 7.22. The van der Waals surface area contributed by atoms with E-state index in [-0.39, 0.29) is 18.1 Å². The van der Waals surface area contributed by atoms with E-state index in [4.69, 9.17) is 10.5 Å². The summed E-state index contributed by atoms with van der Waals surface area (Å²) < 4.78 is 27.4. The van der Waals surface area contributed by atoms with Crippen molar-refractivity contribution in [1.29, 1.82) is 0 Å². The van der Waals surface area contributed by atoms with Crippen LogP contribution in [0.25, 0.3) is 0 Å². The Balaban J connectivity index is 3.41. The van der Waals surface area contributed by atoms with Crippen LogP contribution in [0.5, 0.6) is 0 Å². The van der Waals surface area contributed by atoms with E-state index in [2.05, 4.69) is 0 Å². The van der Waals surface area contributed by atoms with Crippen molar-refractivity contribution in [1.82, 2.24) is 0 Å². The van der Waals surface area contributed by atoms with E-state index >= 15 is 0 Å². The molecule has 0 saturated heterocycles. The van der Waals surface area contributed by atoms with E-state index in [1.165, 1.54) is 0 Å². The Hall–Kier alpha value is -0.130. The minimum absolute atomic E-state index is 0.0841. The molecule has 0 aliphatic rings. The van der Waals surface area contributed by atoms with Crippen LogP contribution in [-0.4, -0.2) is 39.7 Å². The summed E-state index contributed by atoms with van der Waals surface area (Å²) in [6, 6.07) is 0. The van der Waals surface area contributed by atoms with Gasteiger partial charge in [0, 0.05) is 19.8 Å². The lowest BCUT2D eigenvalue weighted by Crippen LogP contribution is -2.19. The molecule has 0 bridgehead atoms. The first-order chi connectivity index (χ1) is 6.12. The van der Waals surface area contributed by atoms with Crippen molar-refractivity contribution in [2.45, 2.75) is 19.8 Å². The van der Waals surface area contributed by atoms with Crippen LogP contribution in [-0.2, 0) is 14.6 Å². The maximum atomic E-state index is 11.1. The molecule has 0 atom stereocenters. The van der Waals surface area contributed by atoms with Crippen LogP contribution in [0.3, 0.4) is 0 Å². The van der Waals surface area contributed by atoms with Crippen LogP contribution in [0, 0.1) is 0 Å². The van der Waals surface area contributed by atoms with Crippen LogP contribution >= 0.6 is 0 Å². The number of hydrogen-bond acceptors (Lipinski definition) is 4. The quantitative estimate of drug-likeness (QED) is 0.579. The molecule has 0 spiro atoms. The van der Waals surface area contributed by atoms with Gasteiger partial charge in [0.25, 0.3) is 0 Å². The summed E-state index contributed by atoms with van der Waals surface area (Å²) in [4.78, 5) is 0. The van der Waals surface area contributed by atoms with Gasteiger partial charge in [-0.3, -0.25) is 0 Å². The van der Waals surface area contributed by atoms with Gasteiger partial charge < -0.3 is 10.5 Å². The van der Waals surface area contributed by atoms with Gasteiger partial charge in [0.05, 0.1) is 11.5 Å². The average Bonchev–Trinajstić information content (AvgIpc) is 2.04. The second-order valence-electron chi connectivity index (χ2n) is 2.91. The van der Waals surface area contributed by atoms with Gasteiger partial charge in [0.2, 0.25) is 0 Å². The van der Waals surface area contributed by atoms with Crippen LogP contribution < -0.4 is 5.73 Å². The molecule has 0 aromatic carbocycles. The third-order valence-electron chi connectivity index (χ3n) is 1.52. The molecule has 4 nitrogen and oxygen atoms in total. The Morgan fingerprint density at radius 3 is 2.46 bits per heavy atom. The van der Waals surface area contributed by atoms with Gasteiger partial charge >= 0.3 is 0 Å². The maximum Gasteiger partial charge on any atom is 0.151 e. The fraction of sp³-hybridized carbons (Fsp3) is 1.00. The molecule has 0 rings (SSSR count). The first-order valence-corrected chi connectivity index (χ1v) is 6.42. The number of rotatable bonds is 8. The second kappa shape index (κ2) is 7.29. The molecule has 13 heavy (non-hydrogen) atoms. The van der Waals surface area contributed by atoms with Gasteiger partial charge in [0.1, 0.15) is 0 Å². The van der Waals surface area contributed by atoms with Crippen molar-refractivity contribution in [2.75, 3.05) is 31.3 Å². The van der Waals surface area contributed by atoms with Crippen LogP contribution in [0.1, 0.15) is 19.8 Å². The molecular weight excluding hydrogens is 190 g/mol. The summed E-state index contributed by atoms with van der Waals surface area (Å²) in [7, 11) is -2.92. The average molecular weight is 209 g/mol. The number of nitrogens with two attached hydrogens (primary N) is 1. The number of hydrogen-bond donors (Lipinski definition) is 1. The smallest absolute Gasteiger partial charge is 0.151 e. The Bertz CT molecular complexity index is 201. The van der Waals surface area contributed by atoms with Crippen molar-refractivity contribution >= 4 is 9.84 Å². The highest BCUT2D eigenvalue weighted by molar-refractivity contribution is 7.91. The zero-order chi connectivity index (χ0) is 10.2. The molecule has 80 valence electrons. The van der Waals surface area contributed by atoms with Crippen LogP contribution in [0.2, 0.25) is 0 Å². The molecule has 0 aromatic heterocycles. The Morgan fingerprint density at radius 2 is 1.92 bits per heavy atom. The fourth-order valence-electron chi connectivity index (χ4n) is 0.909. The third kappa shape index (κ3) is 8.21. The minimum atomic E-state index is -2.92. The molecule has 0 heterocycles. The van der Waals surface area contributed by atoms with Crippen molar-refractivity contribution in [3.63, 3.8) is 0 Å². The molecule has 0 aliphatic carbocycles. The van der Waals surface area contributed by atoms with E-state index in [0.717, 1.165) is 6.42 Å². The van der Waals surface area contributed by atoms with Gasteiger partial charge in [-0.25, -0.2) is 8.42 Å². The van der Waals surface area contributed by atoms with Gasteiger partial charge in [0.15, 0.2) is 9.84 Å². The van der Waals surface area contributed by atoms with Crippen molar-refractivity contribution in [3.05, 3.63) is 0 Å². The summed E-state index contributed by atoms with van der Waals surface area (Å²) in [6.07, 6.45) is 1.54. The maximum absolute atomic E-state index is 11.1. The zero-order valence-corrected chi connectivity index (χ0v) is 8.98. The minimum Gasteiger partial charge on any atom is -0.381 e. The van der Waals surface area contributed by atoms with E-state index in [0.29, 0.717) is 19.6 Å². The first kappa shape index (κ1) is 12.9. The lowest BCUT2D eigenvalue weighted by atomic mass is 10.5. The number of sulfone groups is 1. The normalized spacial score (nSPS) is 11.8. The fourth-order valence-corrected chi connectivity index (χ4v) is 2.03. The predicted molar refractivity (Wildman–Crippen MR) is 53.4 cm³/mol. The van der Waals surface area contributed by atoms with Crippen molar-refractivity contribution in [2.24, 2.45) is 5.73 Å². The SMILES string of the molecule is CCCOCCCS(=O)(=O)CCN. The van der Waals surface area contributed by atoms with Gasteiger partial charge in [-0.05, 0) is 12.8 Å². The zero-order valence-electron chi connectivity index (χ0n) is 8.16. The molecule has 2 N–H and O–H groups in total. The monoisotopic (exact) mass is 209 g/mol. The molecule has 5 heteroatoms. The lowest BCUT2D eigenvalue weighted by molar-refractivity contribution is 0.136. The Labute approximate surface area is 80.4 Å². The molecule has 0 amide bonds. The molecule has 0 radical (unpaired) electrons. The predicted octanol–water partition coefficient (Wildman–Crippen LogP) is 0.177. The highest BCUT2D eigenvalue weighted by Gasteiger charge is 2.08. The van der Waals surface area contributed by atoms with Crippen molar-refractivity contribution in [3.8, 4) is 0 Å². The van der Waals surface area contributed by atoms with E-state index in [1.54, 1.807) is 0 Å². The van der Waals surface area contributed by atoms with Crippen molar-refractivity contribution < 1.29 is 13.2 Å². The third-order valence-corrected chi connectivity index (χ3v) is 3.29. The highest BCUT2D eigenvalue weighted by atomic mass is 32.2. The largest absolute Gasteiger partial charge is 0.381 e. The van der Waals surface area contributed by atoms with Gasteiger partial charge in [-0.1, -0.05) is 6.92 Å². The van der Waals surface area contributed by atoms with E-state index in [9.17, 15) is 8.42 Å². The summed E-state index contributed by atoms with van der Waals surface area (Å²) in [5.41, 5.74) is 5.16. The summed E-state index contributed by atoms with van der Waals surface area (Å²) >= 11 is 0. The van der Waals surface area contributed by atoms with E-state index < -0.39 is 9.84 Å². The summed E-state index contributed by atoms with van der Waals surface area (Å²) in [6.45, 7) is 3.46. The summed E-state index contributed by atoms with van der Waals surface area (Å²) in [5, 5.41) is 0. The lowest BCUT2D eigenvalue weighted by Gasteiger charge is -2.03. The summed E-state index contributed by atoms with van der Waals surface area (Å²) in [5.74, 6) is 0.273. The second-order valence-corrected chi connectivity index (χ2v) is 5.21. The molecule has 0 fully saturated rings.